The highest BCUT2D eigenvalue weighted by atomic mass is 32.2. The van der Waals surface area contributed by atoms with Crippen LogP contribution in [0.3, 0.4) is 0 Å². The summed E-state index contributed by atoms with van der Waals surface area (Å²) in [6.45, 7) is 3.71. The number of hydrogen-bond acceptors (Lipinski definition) is 6. The summed E-state index contributed by atoms with van der Waals surface area (Å²) in [6.07, 6.45) is 0. The fourth-order valence-corrected chi connectivity index (χ4v) is 2.94. The number of imidazole rings is 1. The van der Waals surface area contributed by atoms with E-state index < -0.39 is 17.2 Å². The molecule has 0 N–H and O–H groups in total. The number of fused-ring (bicyclic) bond motifs is 1. The molecule has 2 rings (SSSR count). The predicted molar refractivity (Wildman–Crippen MR) is 76.3 cm³/mol. The molecule has 0 atom stereocenters. The Labute approximate surface area is 124 Å². The van der Waals surface area contributed by atoms with Crippen LogP contribution in [0.4, 0.5) is 0 Å². The van der Waals surface area contributed by atoms with Gasteiger partial charge in [-0.25, -0.2) is 9.78 Å². The highest BCUT2D eigenvalue weighted by Gasteiger charge is 2.20. The van der Waals surface area contributed by atoms with Gasteiger partial charge in [-0.1, -0.05) is 11.8 Å². The number of carboxylic acids is 1. The van der Waals surface area contributed by atoms with Crippen molar-refractivity contribution in [2.45, 2.75) is 25.0 Å². The van der Waals surface area contributed by atoms with Gasteiger partial charge in [0.1, 0.15) is 0 Å². The first-order valence-corrected chi connectivity index (χ1v) is 7.24. The van der Waals surface area contributed by atoms with E-state index in [0.29, 0.717) is 5.16 Å². The van der Waals surface area contributed by atoms with Crippen molar-refractivity contribution in [1.82, 2.24) is 18.7 Å². The SMILES string of the molecule is CC(C)n1c(SCC(=O)[O-])nc2c1c(=O)n(C)c(=O)n2C. The van der Waals surface area contributed by atoms with Gasteiger partial charge in [0, 0.05) is 25.9 Å². The Balaban J connectivity index is 2.84. The molecule has 9 heteroatoms. The lowest BCUT2D eigenvalue weighted by atomic mass is 10.4. The van der Waals surface area contributed by atoms with E-state index in [1.165, 1.54) is 18.7 Å². The second-order valence-corrected chi connectivity index (χ2v) is 5.84. The maximum absolute atomic E-state index is 12.3. The first-order chi connectivity index (χ1) is 9.75. The number of aryl methyl sites for hydroxylation is 1. The van der Waals surface area contributed by atoms with Crippen LogP contribution in [0.2, 0.25) is 0 Å². The largest absolute Gasteiger partial charge is 0.549 e. The summed E-state index contributed by atoms with van der Waals surface area (Å²) in [4.78, 5) is 39.1. The fourth-order valence-electron chi connectivity index (χ4n) is 2.10. The van der Waals surface area contributed by atoms with Crippen molar-refractivity contribution in [2.24, 2.45) is 14.1 Å². The van der Waals surface area contributed by atoms with Crippen LogP contribution in [0.15, 0.2) is 14.7 Å². The molecule has 0 radical (unpaired) electrons. The van der Waals surface area contributed by atoms with E-state index >= 15 is 0 Å². The van der Waals surface area contributed by atoms with Crippen LogP contribution in [0.5, 0.6) is 0 Å². The third kappa shape index (κ3) is 2.48. The first kappa shape index (κ1) is 15.4. The molecule has 0 aliphatic heterocycles. The minimum absolute atomic E-state index is 0.107. The molecule has 0 fully saturated rings. The predicted octanol–water partition coefficient (Wildman–Crippen LogP) is -1.14. The molecule has 0 spiro atoms. The van der Waals surface area contributed by atoms with E-state index in [0.717, 1.165) is 16.3 Å². The number of carboxylic acid groups (broad SMARTS) is 1. The monoisotopic (exact) mass is 311 g/mol. The van der Waals surface area contributed by atoms with Crippen molar-refractivity contribution >= 4 is 28.9 Å². The molecule has 0 aliphatic carbocycles. The van der Waals surface area contributed by atoms with E-state index in [1.54, 1.807) is 4.57 Å². The molecule has 8 nitrogen and oxygen atoms in total. The number of thioether (sulfide) groups is 1. The summed E-state index contributed by atoms with van der Waals surface area (Å²) >= 11 is 0.965. The lowest BCUT2D eigenvalue weighted by Crippen LogP contribution is -2.37. The van der Waals surface area contributed by atoms with E-state index in [-0.39, 0.29) is 23.0 Å². The Morgan fingerprint density at radius 3 is 2.43 bits per heavy atom. The highest BCUT2D eigenvalue weighted by molar-refractivity contribution is 7.99. The number of carbonyl (C=O) groups excluding carboxylic acids is 1. The van der Waals surface area contributed by atoms with Crippen LogP contribution >= 0.6 is 11.8 Å². The Kier molecular flexibility index (Phi) is 3.95. The van der Waals surface area contributed by atoms with Crippen LogP contribution in [0.1, 0.15) is 19.9 Å². The summed E-state index contributed by atoms with van der Waals surface area (Å²) < 4.78 is 3.93. The van der Waals surface area contributed by atoms with Gasteiger partial charge >= 0.3 is 5.69 Å². The molecule has 0 bridgehead atoms. The molecular formula is C12H15N4O4S-. The second kappa shape index (κ2) is 5.40. The van der Waals surface area contributed by atoms with E-state index in [2.05, 4.69) is 4.98 Å². The van der Waals surface area contributed by atoms with E-state index in [9.17, 15) is 19.5 Å². The third-order valence-corrected chi connectivity index (χ3v) is 4.02. The van der Waals surface area contributed by atoms with Crippen LogP contribution in [0.25, 0.3) is 11.2 Å². The van der Waals surface area contributed by atoms with Gasteiger partial charge < -0.3 is 14.5 Å². The molecule has 114 valence electrons. The lowest BCUT2D eigenvalue weighted by Gasteiger charge is -2.12. The van der Waals surface area contributed by atoms with E-state index in [1.807, 2.05) is 13.8 Å². The summed E-state index contributed by atoms with van der Waals surface area (Å²) in [5.41, 5.74) is -0.389. The molecular weight excluding hydrogens is 296 g/mol. The highest BCUT2D eigenvalue weighted by Crippen LogP contribution is 2.25. The number of nitrogens with zero attached hydrogens (tertiary/aromatic N) is 4. The molecule has 0 aliphatic rings. The van der Waals surface area contributed by atoms with Crippen LogP contribution in [0, 0.1) is 0 Å². The van der Waals surface area contributed by atoms with Gasteiger partial charge in [0.25, 0.3) is 5.56 Å². The Hall–Kier alpha value is -2.03. The molecule has 2 aromatic heterocycles. The summed E-state index contributed by atoms with van der Waals surface area (Å²) in [6, 6.07) is -0.107. The molecule has 2 aromatic rings. The number of rotatable bonds is 4. The van der Waals surface area contributed by atoms with Crippen LogP contribution in [-0.2, 0) is 18.9 Å². The average molecular weight is 311 g/mol. The molecule has 0 saturated heterocycles. The Morgan fingerprint density at radius 1 is 1.29 bits per heavy atom. The fraction of sp³-hybridized carbons (Fsp3) is 0.500. The van der Waals surface area contributed by atoms with E-state index in [4.69, 9.17) is 0 Å². The molecule has 21 heavy (non-hydrogen) atoms. The number of aromatic nitrogens is 4. The Morgan fingerprint density at radius 2 is 1.90 bits per heavy atom. The lowest BCUT2D eigenvalue weighted by molar-refractivity contribution is -0.301. The van der Waals surface area contributed by atoms with Crippen molar-refractivity contribution in [2.75, 3.05) is 5.75 Å². The zero-order chi connectivity index (χ0) is 15.9. The van der Waals surface area contributed by atoms with Crippen molar-refractivity contribution < 1.29 is 9.90 Å². The van der Waals surface area contributed by atoms with Gasteiger partial charge in [-0.2, -0.15) is 0 Å². The third-order valence-electron chi connectivity index (χ3n) is 3.09. The number of carbonyl (C=O) groups is 1. The average Bonchev–Trinajstić information content (AvgIpc) is 2.80. The quantitative estimate of drug-likeness (QED) is 0.661. The van der Waals surface area contributed by atoms with Gasteiger partial charge in [0.15, 0.2) is 16.3 Å². The zero-order valence-electron chi connectivity index (χ0n) is 12.1. The molecule has 0 amide bonds. The smallest absolute Gasteiger partial charge is 0.332 e. The van der Waals surface area contributed by atoms with Gasteiger partial charge in [0.2, 0.25) is 0 Å². The maximum Gasteiger partial charge on any atom is 0.332 e. The van der Waals surface area contributed by atoms with Crippen LogP contribution in [-0.4, -0.2) is 30.4 Å². The van der Waals surface area contributed by atoms with Crippen LogP contribution < -0.4 is 16.4 Å². The van der Waals surface area contributed by atoms with Crippen molar-refractivity contribution in [1.29, 1.82) is 0 Å². The number of hydrogen-bond donors (Lipinski definition) is 0. The van der Waals surface area contributed by atoms with Crippen molar-refractivity contribution in [3.63, 3.8) is 0 Å². The van der Waals surface area contributed by atoms with Gasteiger partial charge in [-0.3, -0.25) is 13.9 Å². The molecule has 0 saturated carbocycles. The molecule has 0 unspecified atom stereocenters. The summed E-state index contributed by atoms with van der Waals surface area (Å²) in [5, 5.41) is 11.0. The van der Waals surface area contributed by atoms with Gasteiger partial charge in [-0.05, 0) is 13.8 Å². The Bertz CT molecular complexity index is 830. The van der Waals surface area contributed by atoms with Gasteiger partial charge in [0.05, 0.1) is 5.97 Å². The summed E-state index contributed by atoms with van der Waals surface area (Å²) in [7, 11) is 2.92. The molecule has 2 heterocycles. The first-order valence-electron chi connectivity index (χ1n) is 6.26. The molecule has 0 aromatic carbocycles. The minimum atomic E-state index is -1.22. The standard InChI is InChI=1S/C12H16N4O4S/c1-6(2)16-8-9(13-11(16)21-5-7(17)18)14(3)12(20)15(4)10(8)19/h6H,5H2,1-4H3,(H,17,18)/p-1. The second-order valence-electron chi connectivity index (χ2n) is 4.90. The van der Waals surface area contributed by atoms with Crippen molar-refractivity contribution in [3.05, 3.63) is 20.8 Å². The zero-order valence-corrected chi connectivity index (χ0v) is 12.9. The normalized spacial score (nSPS) is 11.5. The maximum atomic E-state index is 12.3. The number of aliphatic carboxylic acids is 1. The van der Waals surface area contributed by atoms with Crippen molar-refractivity contribution in [3.8, 4) is 0 Å². The van der Waals surface area contributed by atoms with Gasteiger partial charge in [-0.15, -0.1) is 0 Å². The topological polar surface area (TPSA) is 102 Å². The minimum Gasteiger partial charge on any atom is -0.549 e. The summed E-state index contributed by atoms with van der Waals surface area (Å²) in [5.74, 6) is -1.49.